The fourth-order valence-electron chi connectivity index (χ4n) is 2.15. The zero-order chi connectivity index (χ0) is 16.1. The number of nitrogens with zero attached hydrogens (tertiary/aromatic N) is 1. The summed E-state index contributed by atoms with van der Waals surface area (Å²) in [6.45, 7) is 0.0106. The fourth-order valence-corrected chi connectivity index (χ4v) is 2.15. The average molecular weight is 309 g/mol. The molecule has 2 aromatic carbocycles. The van der Waals surface area contributed by atoms with Gasteiger partial charge in [0.1, 0.15) is 17.0 Å². The van der Waals surface area contributed by atoms with Crippen LogP contribution < -0.4 is 4.74 Å². The number of esters is 1. The third-order valence-electron chi connectivity index (χ3n) is 3.30. The fraction of sp³-hybridized carbons (Fsp3) is 0.111. The van der Waals surface area contributed by atoms with Crippen LogP contribution in [-0.2, 0) is 11.3 Å². The number of hydrogen-bond donors (Lipinski definition) is 0. The van der Waals surface area contributed by atoms with Crippen LogP contribution in [-0.4, -0.2) is 18.2 Å². The molecule has 0 bridgehead atoms. The summed E-state index contributed by atoms with van der Waals surface area (Å²) in [6, 6.07) is 18.3. The van der Waals surface area contributed by atoms with Crippen molar-refractivity contribution in [1.29, 1.82) is 0 Å². The Morgan fingerprint density at radius 3 is 2.61 bits per heavy atom. The predicted molar refractivity (Wildman–Crippen MR) is 84.1 cm³/mol. The lowest BCUT2D eigenvalue weighted by Crippen LogP contribution is -2.06. The molecular weight excluding hydrogens is 294 g/mol. The molecule has 0 atom stereocenters. The number of methoxy groups -OCH3 is 1. The van der Waals surface area contributed by atoms with E-state index >= 15 is 0 Å². The van der Waals surface area contributed by atoms with Gasteiger partial charge < -0.3 is 14.0 Å². The molecular formula is C18H15NO4. The summed E-state index contributed by atoms with van der Waals surface area (Å²) < 4.78 is 15.6. The Labute approximate surface area is 133 Å². The summed E-state index contributed by atoms with van der Waals surface area (Å²) in [7, 11) is 1.51. The Balaban J connectivity index is 1.67. The van der Waals surface area contributed by atoms with Gasteiger partial charge in [0.25, 0.3) is 0 Å². The van der Waals surface area contributed by atoms with Gasteiger partial charge in [-0.25, -0.2) is 4.79 Å². The maximum atomic E-state index is 12.1. The summed E-state index contributed by atoms with van der Waals surface area (Å²) in [5.74, 6) is 0.479. The zero-order valence-electron chi connectivity index (χ0n) is 12.6. The van der Waals surface area contributed by atoms with Crippen molar-refractivity contribution in [2.75, 3.05) is 7.11 Å². The van der Waals surface area contributed by atoms with Gasteiger partial charge in [0, 0.05) is 11.6 Å². The number of benzene rings is 2. The van der Waals surface area contributed by atoms with Crippen LogP contribution in [0.15, 0.2) is 65.2 Å². The topological polar surface area (TPSA) is 61.6 Å². The van der Waals surface area contributed by atoms with Gasteiger partial charge in [-0.15, -0.1) is 0 Å². The molecule has 0 radical (unpaired) electrons. The van der Waals surface area contributed by atoms with E-state index in [1.807, 2.05) is 30.3 Å². The van der Waals surface area contributed by atoms with Crippen LogP contribution in [0.5, 0.6) is 5.75 Å². The lowest BCUT2D eigenvalue weighted by atomic mass is 10.1. The van der Waals surface area contributed by atoms with E-state index in [0.717, 1.165) is 5.56 Å². The molecule has 0 saturated heterocycles. The van der Waals surface area contributed by atoms with Crippen LogP contribution in [0.3, 0.4) is 0 Å². The first-order valence-electron chi connectivity index (χ1n) is 7.09. The minimum absolute atomic E-state index is 0.0106. The first kappa shape index (κ1) is 14.8. The van der Waals surface area contributed by atoms with Crippen LogP contribution >= 0.6 is 0 Å². The average Bonchev–Trinajstić information content (AvgIpc) is 3.09. The quantitative estimate of drug-likeness (QED) is 0.672. The molecule has 5 nitrogen and oxygen atoms in total. The molecule has 0 aliphatic carbocycles. The standard InChI is InChI=1S/C18H15NO4/c1-21-17-10-6-5-9-15(17)18(20)22-12-14-11-16(19-23-14)13-7-3-2-4-8-13/h2-11H,12H2,1H3. The summed E-state index contributed by atoms with van der Waals surface area (Å²) in [5, 5.41) is 3.98. The molecule has 5 heteroatoms. The maximum Gasteiger partial charge on any atom is 0.342 e. The molecule has 0 fully saturated rings. The van der Waals surface area contributed by atoms with Gasteiger partial charge in [-0.3, -0.25) is 0 Å². The van der Waals surface area contributed by atoms with Gasteiger partial charge >= 0.3 is 5.97 Å². The third-order valence-corrected chi connectivity index (χ3v) is 3.30. The highest BCUT2D eigenvalue weighted by Crippen LogP contribution is 2.21. The van der Waals surface area contributed by atoms with Gasteiger partial charge in [-0.05, 0) is 12.1 Å². The van der Waals surface area contributed by atoms with Crippen LogP contribution in [0.4, 0.5) is 0 Å². The van der Waals surface area contributed by atoms with Gasteiger partial charge in [0.15, 0.2) is 12.4 Å². The molecule has 3 rings (SSSR count). The number of para-hydroxylation sites is 1. The van der Waals surface area contributed by atoms with Gasteiger partial charge in [0.2, 0.25) is 0 Å². The lowest BCUT2D eigenvalue weighted by molar-refractivity contribution is 0.0434. The smallest absolute Gasteiger partial charge is 0.342 e. The molecule has 0 unspecified atom stereocenters. The number of aromatic nitrogens is 1. The van der Waals surface area contributed by atoms with E-state index in [-0.39, 0.29) is 6.61 Å². The second kappa shape index (κ2) is 6.79. The predicted octanol–water partition coefficient (Wildman–Crippen LogP) is 3.71. The Bertz CT molecular complexity index is 796. The second-order valence-electron chi connectivity index (χ2n) is 4.82. The SMILES string of the molecule is COc1ccccc1C(=O)OCc1cc(-c2ccccc2)no1. The van der Waals surface area contributed by atoms with Crippen molar-refractivity contribution in [3.8, 4) is 17.0 Å². The van der Waals surface area contributed by atoms with Crippen molar-refractivity contribution in [3.05, 3.63) is 72.0 Å². The third kappa shape index (κ3) is 3.40. The van der Waals surface area contributed by atoms with E-state index in [0.29, 0.717) is 22.8 Å². The van der Waals surface area contributed by atoms with Gasteiger partial charge in [0.05, 0.1) is 7.11 Å². The number of ether oxygens (including phenoxy) is 2. The molecule has 0 saturated carbocycles. The zero-order valence-corrected chi connectivity index (χ0v) is 12.6. The van der Waals surface area contributed by atoms with E-state index in [1.165, 1.54) is 7.11 Å². The first-order chi connectivity index (χ1) is 11.3. The van der Waals surface area contributed by atoms with Crippen LogP contribution in [0.2, 0.25) is 0 Å². The van der Waals surface area contributed by atoms with Gasteiger partial charge in [-0.1, -0.05) is 47.6 Å². The molecule has 0 amide bonds. The monoisotopic (exact) mass is 309 g/mol. The van der Waals surface area contributed by atoms with Crippen LogP contribution in [0.25, 0.3) is 11.3 Å². The highest BCUT2D eigenvalue weighted by molar-refractivity contribution is 5.92. The van der Waals surface area contributed by atoms with E-state index in [4.69, 9.17) is 14.0 Å². The van der Waals surface area contributed by atoms with E-state index in [1.54, 1.807) is 30.3 Å². The minimum Gasteiger partial charge on any atom is -0.496 e. The summed E-state index contributed by atoms with van der Waals surface area (Å²) in [5.41, 5.74) is 2.02. The Morgan fingerprint density at radius 1 is 1.09 bits per heavy atom. The first-order valence-corrected chi connectivity index (χ1v) is 7.09. The summed E-state index contributed by atoms with van der Waals surface area (Å²) in [4.78, 5) is 12.1. The van der Waals surface area contributed by atoms with Crippen LogP contribution in [0.1, 0.15) is 16.1 Å². The molecule has 1 heterocycles. The number of rotatable bonds is 5. The molecule has 0 aliphatic rings. The molecule has 116 valence electrons. The molecule has 1 aromatic heterocycles. The summed E-state index contributed by atoms with van der Waals surface area (Å²) >= 11 is 0. The van der Waals surface area contributed by atoms with E-state index in [2.05, 4.69) is 5.16 Å². The van der Waals surface area contributed by atoms with Gasteiger partial charge in [-0.2, -0.15) is 0 Å². The van der Waals surface area contributed by atoms with E-state index in [9.17, 15) is 4.79 Å². The molecule has 0 spiro atoms. The lowest BCUT2D eigenvalue weighted by Gasteiger charge is -2.07. The minimum atomic E-state index is -0.472. The van der Waals surface area contributed by atoms with Crippen molar-refractivity contribution < 1.29 is 18.8 Å². The Morgan fingerprint density at radius 2 is 1.83 bits per heavy atom. The highest BCUT2D eigenvalue weighted by Gasteiger charge is 2.14. The molecule has 3 aromatic rings. The molecule has 0 N–H and O–H groups in total. The van der Waals surface area contributed by atoms with Crippen LogP contribution in [0, 0.1) is 0 Å². The normalized spacial score (nSPS) is 10.3. The number of hydrogen-bond acceptors (Lipinski definition) is 5. The van der Waals surface area contributed by atoms with E-state index < -0.39 is 5.97 Å². The molecule has 0 aliphatic heterocycles. The highest BCUT2D eigenvalue weighted by atomic mass is 16.6. The maximum absolute atomic E-state index is 12.1. The largest absolute Gasteiger partial charge is 0.496 e. The second-order valence-corrected chi connectivity index (χ2v) is 4.82. The number of carbonyl (C=O) groups is 1. The Hall–Kier alpha value is -3.08. The van der Waals surface area contributed by atoms with Crippen molar-refractivity contribution in [2.45, 2.75) is 6.61 Å². The Kier molecular flexibility index (Phi) is 4.38. The van der Waals surface area contributed by atoms with Crippen molar-refractivity contribution in [2.24, 2.45) is 0 Å². The molecule has 23 heavy (non-hydrogen) atoms. The summed E-state index contributed by atoms with van der Waals surface area (Å²) in [6.07, 6.45) is 0. The van der Waals surface area contributed by atoms with Crippen molar-refractivity contribution in [3.63, 3.8) is 0 Å². The van der Waals surface area contributed by atoms with Crippen molar-refractivity contribution >= 4 is 5.97 Å². The number of carbonyl (C=O) groups excluding carboxylic acids is 1. The van der Waals surface area contributed by atoms with Crippen molar-refractivity contribution in [1.82, 2.24) is 5.16 Å².